The molecule has 1 aromatic rings. The van der Waals surface area contributed by atoms with Gasteiger partial charge in [0, 0.05) is 32.0 Å². The summed E-state index contributed by atoms with van der Waals surface area (Å²) in [7, 11) is -2.11. The van der Waals surface area contributed by atoms with Gasteiger partial charge in [-0.2, -0.15) is 4.31 Å². The molecule has 0 saturated carbocycles. The van der Waals surface area contributed by atoms with Gasteiger partial charge in [-0.05, 0) is 49.5 Å². The van der Waals surface area contributed by atoms with E-state index in [0.717, 1.165) is 24.8 Å². The highest BCUT2D eigenvalue weighted by Crippen LogP contribution is 2.37. The molecule has 172 valence electrons. The third-order valence-electron chi connectivity index (χ3n) is 6.26. The van der Waals surface area contributed by atoms with Gasteiger partial charge in [-0.25, -0.2) is 8.42 Å². The van der Waals surface area contributed by atoms with Crippen LogP contribution in [0, 0.1) is 5.92 Å². The minimum atomic E-state index is -3.85. The Balaban J connectivity index is 2.07. The SMILES string of the molecule is CCC(=O)N(C)C[C@H]1Oc2cc(C3=CCCC3)ccc2S(=O)(=O)N([C@@H](C)CO)C[C@@H]1C. The molecule has 3 rings (SSSR count). The topological polar surface area (TPSA) is 87.2 Å². The van der Waals surface area contributed by atoms with Crippen LogP contribution in [-0.2, 0) is 14.8 Å². The molecule has 3 atom stereocenters. The Bertz CT molecular complexity index is 943. The Hall–Kier alpha value is -1.90. The van der Waals surface area contributed by atoms with Crippen molar-refractivity contribution in [3.63, 3.8) is 0 Å². The molecule has 1 aliphatic carbocycles. The summed E-state index contributed by atoms with van der Waals surface area (Å²) in [4.78, 5) is 13.9. The van der Waals surface area contributed by atoms with E-state index in [2.05, 4.69) is 6.08 Å². The first-order chi connectivity index (χ1) is 14.7. The molecular formula is C23H34N2O5S. The van der Waals surface area contributed by atoms with Crippen molar-refractivity contribution in [2.45, 2.75) is 63.5 Å². The smallest absolute Gasteiger partial charge is 0.247 e. The Morgan fingerprint density at radius 3 is 2.74 bits per heavy atom. The number of aliphatic hydroxyl groups excluding tert-OH is 1. The summed E-state index contributed by atoms with van der Waals surface area (Å²) in [6.07, 6.45) is 5.29. The number of sulfonamides is 1. The van der Waals surface area contributed by atoms with E-state index in [1.807, 2.05) is 26.0 Å². The van der Waals surface area contributed by atoms with E-state index < -0.39 is 16.1 Å². The molecule has 1 heterocycles. The minimum Gasteiger partial charge on any atom is -0.487 e. The first-order valence-corrected chi connectivity index (χ1v) is 12.5. The fourth-order valence-electron chi connectivity index (χ4n) is 4.22. The normalized spacial score (nSPS) is 24.4. The highest BCUT2D eigenvalue weighted by Gasteiger charge is 2.38. The lowest BCUT2D eigenvalue weighted by Crippen LogP contribution is -2.50. The predicted octanol–water partition coefficient (Wildman–Crippen LogP) is 2.89. The van der Waals surface area contributed by atoms with Gasteiger partial charge in [0.1, 0.15) is 16.7 Å². The highest BCUT2D eigenvalue weighted by atomic mass is 32.2. The van der Waals surface area contributed by atoms with Gasteiger partial charge < -0.3 is 14.7 Å². The maximum absolute atomic E-state index is 13.5. The number of ether oxygens (including phenoxy) is 1. The van der Waals surface area contributed by atoms with Gasteiger partial charge in [-0.3, -0.25) is 4.79 Å². The predicted molar refractivity (Wildman–Crippen MR) is 120 cm³/mol. The van der Waals surface area contributed by atoms with Crippen LogP contribution in [0.15, 0.2) is 29.2 Å². The molecule has 1 N–H and O–H groups in total. The second kappa shape index (κ2) is 9.71. The maximum Gasteiger partial charge on any atom is 0.247 e. The van der Waals surface area contributed by atoms with Gasteiger partial charge in [0.15, 0.2) is 0 Å². The number of hydrogen-bond donors (Lipinski definition) is 1. The first-order valence-electron chi connectivity index (χ1n) is 11.1. The third-order valence-corrected chi connectivity index (χ3v) is 8.28. The van der Waals surface area contributed by atoms with Crippen LogP contribution in [0.25, 0.3) is 5.57 Å². The summed E-state index contributed by atoms with van der Waals surface area (Å²) in [6, 6.07) is 4.71. The van der Waals surface area contributed by atoms with Crippen molar-refractivity contribution in [1.82, 2.24) is 9.21 Å². The molecule has 0 unspecified atom stereocenters. The van der Waals surface area contributed by atoms with E-state index in [4.69, 9.17) is 4.74 Å². The van der Waals surface area contributed by atoms with E-state index in [1.165, 1.54) is 9.88 Å². The standard InChI is InChI=1S/C23H34N2O5S/c1-5-23(27)24(4)14-21-16(2)13-25(17(3)15-26)31(28,29)22-11-10-19(12-20(22)30-21)18-8-6-7-9-18/h8,10-12,16-17,21,26H,5-7,9,13-15H2,1-4H3/t16-,17-,21+/m0/s1. The van der Waals surface area contributed by atoms with E-state index >= 15 is 0 Å². The number of allylic oxidation sites excluding steroid dienone is 2. The van der Waals surface area contributed by atoms with Crippen LogP contribution < -0.4 is 4.74 Å². The second-order valence-corrected chi connectivity index (χ2v) is 10.5. The number of hydrogen-bond acceptors (Lipinski definition) is 5. The lowest BCUT2D eigenvalue weighted by atomic mass is 10.0. The van der Waals surface area contributed by atoms with E-state index in [9.17, 15) is 18.3 Å². The van der Waals surface area contributed by atoms with Crippen molar-refractivity contribution in [2.24, 2.45) is 5.92 Å². The van der Waals surface area contributed by atoms with Gasteiger partial charge in [0.25, 0.3) is 0 Å². The lowest BCUT2D eigenvalue weighted by Gasteiger charge is -2.37. The Morgan fingerprint density at radius 2 is 2.13 bits per heavy atom. The number of amides is 1. The molecule has 31 heavy (non-hydrogen) atoms. The fraction of sp³-hybridized carbons (Fsp3) is 0.609. The summed E-state index contributed by atoms with van der Waals surface area (Å²) >= 11 is 0. The van der Waals surface area contributed by atoms with E-state index in [-0.39, 0.29) is 36.0 Å². The zero-order chi connectivity index (χ0) is 22.8. The zero-order valence-electron chi connectivity index (χ0n) is 18.9. The van der Waals surface area contributed by atoms with Crippen LogP contribution in [0.5, 0.6) is 5.75 Å². The second-order valence-electron chi connectivity index (χ2n) is 8.65. The van der Waals surface area contributed by atoms with Crippen LogP contribution in [0.3, 0.4) is 0 Å². The molecule has 0 bridgehead atoms. The number of fused-ring (bicyclic) bond motifs is 1. The maximum atomic E-state index is 13.5. The molecule has 0 aromatic heterocycles. The van der Waals surface area contributed by atoms with Gasteiger partial charge in [-0.1, -0.05) is 26.0 Å². The number of nitrogens with zero attached hydrogens (tertiary/aromatic N) is 2. The molecule has 2 aliphatic rings. The number of likely N-dealkylation sites (N-methyl/N-ethyl adjacent to an activating group) is 1. The average Bonchev–Trinajstić information content (AvgIpc) is 3.29. The Kier molecular flexibility index (Phi) is 7.44. The monoisotopic (exact) mass is 450 g/mol. The largest absolute Gasteiger partial charge is 0.487 e. The van der Waals surface area contributed by atoms with Crippen molar-refractivity contribution in [1.29, 1.82) is 0 Å². The van der Waals surface area contributed by atoms with E-state index in [1.54, 1.807) is 24.9 Å². The van der Waals surface area contributed by atoms with Crippen LogP contribution >= 0.6 is 0 Å². The number of aliphatic hydroxyl groups is 1. The summed E-state index contributed by atoms with van der Waals surface area (Å²) in [6.45, 7) is 5.74. The summed E-state index contributed by atoms with van der Waals surface area (Å²) < 4.78 is 34.7. The molecule has 0 fully saturated rings. The summed E-state index contributed by atoms with van der Waals surface area (Å²) in [5.74, 6) is 0.142. The lowest BCUT2D eigenvalue weighted by molar-refractivity contribution is -0.131. The van der Waals surface area contributed by atoms with Gasteiger partial charge in [0.2, 0.25) is 15.9 Å². The molecule has 0 saturated heterocycles. The highest BCUT2D eigenvalue weighted by molar-refractivity contribution is 7.89. The molecule has 1 aliphatic heterocycles. The van der Waals surface area contributed by atoms with Gasteiger partial charge in [-0.15, -0.1) is 0 Å². The third kappa shape index (κ3) is 4.96. The van der Waals surface area contributed by atoms with Crippen LogP contribution in [0.2, 0.25) is 0 Å². The van der Waals surface area contributed by atoms with Crippen molar-refractivity contribution in [3.8, 4) is 5.75 Å². The molecule has 1 amide bonds. The number of rotatable bonds is 6. The van der Waals surface area contributed by atoms with Crippen molar-refractivity contribution in [3.05, 3.63) is 29.8 Å². The quantitative estimate of drug-likeness (QED) is 0.720. The average molecular weight is 451 g/mol. The van der Waals surface area contributed by atoms with Crippen molar-refractivity contribution >= 4 is 21.5 Å². The summed E-state index contributed by atoms with van der Waals surface area (Å²) in [5, 5.41) is 9.72. The number of carbonyl (C=O) groups excluding carboxylic acids is 1. The van der Waals surface area contributed by atoms with Gasteiger partial charge in [0.05, 0.1) is 13.2 Å². The molecule has 7 nitrogen and oxygen atoms in total. The fourth-order valence-corrected chi connectivity index (χ4v) is 6.04. The zero-order valence-corrected chi connectivity index (χ0v) is 19.7. The molecule has 0 spiro atoms. The molecule has 0 radical (unpaired) electrons. The minimum absolute atomic E-state index is 0.0103. The van der Waals surface area contributed by atoms with Crippen molar-refractivity contribution in [2.75, 3.05) is 26.7 Å². The molecule has 8 heteroatoms. The summed E-state index contributed by atoms with van der Waals surface area (Å²) in [5.41, 5.74) is 2.17. The van der Waals surface area contributed by atoms with Crippen LogP contribution in [-0.4, -0.2) is 67.5 Å². The Labute approximate surface area is 185 Å². The molecule has 1 aromatic carbocycles. The van der Waals surface area contributed by atoms with Crippen LogP contribution in [0.4, 0.5) is 0 Å². The number of benzene rings is 1. The molecular weight excluding hydrogens is 416 g/mol. The van der Waals surface area contributed by atoms with Gasteiger partial charge >= 0.3 is 0 Å². The Morgan fingerprint density at radius 1 is 1.39 bits per heavy atom. The van der Waals surface area contributed by atoms with Crippen LogP contribution in [0.1, 0.15) is 52.0 Å². The van der Waals surface area contributed by atoms with E-state index in [0.29, 0.717) is 18.7 Å². The number of carbonyl (C=O) groups is 1. The van der Waals surface area contributed by atoms with Crippen molar-refractivity contribution < 1.29 is 23.1 Å². The first kappa shape index (κ1) is 23.8.